The third-order valence-electron chi connectivity index (χ3n) is 3.85. The minimum atomic E-state index is -0.163. The van der Waals surface area contributed by atoms with Crippen molar-refractivity contribution in [3.8, 4) is 0 Å². The maximum absolute atomic E-state index is 13.0. The fraction of sp³-hybridized carbons (Fsp3) is 0.625. The Morgan fingerprint density at radius 3 is 2.17 bits per heavy atom. The van der Waals surface area contributed by atoms with Crippen molar-refractivity contribution >= 4 is 0 Å². The molecular formula is C16H24FN. The molecule has 1 aliphatic rings. The van der Waals surface area contributed by atoms with Crippen LogP contribution in [-0.4, -0.2) is 6.04 Å². The summed E-state index contributed by atoms with van der Waals surface area (Å²) < 4.78 is 13.0. The minimum absolute atomic E-state index is 0.136. The standard InChI is InChI=1S/C16H24FN/c1-11-9-14(10-11)18-15(16(2,3)4)12-5-7-13(17)8-6-12/h5-8,11,14-15,18H,9-10H2,1-4H3. The fourth-order valence-electron chi connectivity index (χ4n) is 2.78. The van der Waals surface area contributed by atoms with Crippen LogP contribution in [0.1, 0.15) is 52.1 Å². The van der Waals surface area contributed by atoms with Crippen LogP contribution in [0.15, 0.2) is 24.3 Å². The fourth-order valence-corrected chi connectivity index (χ4v) is 2.78. The predicted molar refractivity (Wildman–Crippen MR) is 73.9 cm³/mol. The van der Waals surface area contributed by atoms with Gasteiger partial charge in [-0.15, -0.1) is 0 Å². The summed E-state index contributed by atoms with van der Waals surface area (Å²) in [5, 5.41) is 3.74. The molecule has 2 rings (SSSR count). The first-order valence-corrected chi connectivity index (χ1v) is 6.88. The van der Waals surface area contributed by atoms with Gasteiger partial charge in [0.05, 0.1) is 0 Å². The molecule has 1 N–H and O–H groups in total. The molecule has 0 aliphatic heterocycles. The smallest absolute Gasteiger partial charge is 0.123 e. The van der Waals surface area contributed by atoms with Crippen LogP contribution < -0.4 is 5.32 Å². The van der Waals surface area contributed by atoms with Gasteiger partial charge in [0.2, 0.25) is 0 Å². The normalized spacial score (nSPS) is 25.6. The molecule has 1 atom stereocenters. The number of nitrogens with one attached hydrogen (secondary N) is 1. The molecule has 0 saturated heterocycles. The molecule has 1 aliphatic carbocycles. The Morgan fingerprint density at radius 2 is 1.72 bits per heavy atom. The molecule has 1 saturated carbocycles. The molecule has 2 heteroatoms. The van der Waals surface area contributed by atoms with E-state index >= 15 is 0 Å². The molecule has 0 heterocycles. The Balaban J connectivity index is 2.12. The van der Waals surface area contributed by atoms with Gasteiger partial charge in [0, 0.05) is 12.1 Å². The predicted octanol–water partition coefficient (Wildman–Crippen LogP) is 4.30. The van der Waals surface area contributed by atoms with E-state index < -0.39 is 0 Å². The molecule has 1 fully saturated rings. The Labute approximate surface area is 110 Å². The summed E-state index contributed by atoms with van der Waals surface area (Å²) >= 11 is 0. The molecule has 0 bridgehead atoms. The van der Waals surface area contributed by atoms with E-state index in [1.165, 1.54) is 18.4 Å². The number of hydrogen-bond donors (Lipinski definition) is 1. The number of hydrogen-bond acceptors (Lipinski definition) is 1. The Bertz CT molecular complexity index is 385. The molecule has 1 aromatic rings. The van der Waals surface area contributed by atoms with E-state index in [0.29, 0.717) is 6.04 Å². The van der Waals surface area contributed by atoms with Crippen LogP contribution in [0.3, 0.4) is 0 Å². The van der Waals surface area contributed by atoms with Crippen LogP contribution >= 0.6 is 0 Å². The highest BCUT2D eigenvalue weighted by molar-refractivity contribution is 5.22. The monoisotopic (exact) mass is 249 g/mol. The van der Waals surface area contributed by atoms with E-state index in [2.05, 4.69) is 33.0 Å². The molecule has 0 radical (unpaired) electrons. The van der Waals surface area contributed by atoms with Crippen LogP contribution in [0, 0.1) is 17.2 Å². The Morgan fingerprint density at radius 1 is 1.17 bits per heavy atom. The van der Waals surface area contributed by atoms with Crippen LogP contribution in [0.4, 0.5) is 4.39 Å². The third kappa shape index (κ3) is 3.11. The molecule has 100 valence electrons. The van der Waals surface area contributed by atoms with Gasteiger partial charge in [-0.2, -0.15) is 0 Å². The van der Waals surface area contributed by atoms with Crippen LogP contribution in [-0.2, 0) is 0 Å². The molecule has 0 spiro atoms. The van der Waals surface area contributed by atoms with E-state index in [0.717, 1.165) is 5.92 Å². The lowest BCUT2D eigenvalue weighted by Crippen LogP contribution is -2.45. The highest BCUT2D eigenvalue weighted by atomic mass is 19.1. The summed E-state index contributed by atoms with van der Waals surface area (Å²) in [6.07, 6.45) is 2.52. The van der Waals surface area contributed by atoms with E-state index in [4.69, 9.17) is 0 Å². The van der Waals surface area contributed by atoms with Crippen molar-refractivity contribution in [1.29, 1.82) is 0 Å². The summed E-state index contributed by atoms with van der Waals surface area (Å²) in [5.74, 6) is 0.681. The van der Waals surface area contributed by atoms with E-state index in [9.17, 15) is 4.39 Å². The molecule has 18 heavy (non-hydrogen) atoms. The minimum Gasteiger partial charge on any atom is -0.307 e. The van der Waals surface area contributed by atoms with Crippen molar-refractivity contribution in [1.82, 2.24) is 5.32 Å². The summed E-state index contributed by atoms with van der Waals surface area (Å²) in [5.41, 5.74) is 1.32. The lowest BCUT2D eigenvalue weighted by Gasteiger charge is -2.41. The Kier molecular flexibility index (Phi) is 3.76. The zero-order chi connectivity index (χ0) is 13.3. The van der Waals surface area contributed by atoms with Crippen molar-refractivity contribution in [3.63, 3.8) is 0 Å². The van der Waals surface area contributed by atoms with Gasteiger partial charge in [-0.1, -0.05) is 39.8 Å². The van der Waals surface area contributed by atoms with E-state index in [1.54, 1.807) is 12.1 Å². The first-order chi connectivity index (χ1) is 8.36. The van der Waals surface area contributed by atoms with Gasteiger partial charge >= 0.3 is 0 Å². The number of rotatable bonds is 3. The van der Waals surface area contributed by atoms with Crippen molar-refractivity contribution < 1.29 is 4.39 Å². The van der Waals surface area contributed by atoms with Crippen LogP contribution in [0.25, 0.3) is 0 Å². The maximum atomic E-state index is 13.0. The first kappa shape index (κ1) is 13.5. The maximum Gasteiger partial charge on any atom is 0.123 e. The molecule has 1 nitrogen and oxygen atoms in total. The summed E-state index contributed by atoms with van der Waals surface area (Å²) in [6, 6.07) is 7.82. The first-order valence-electron chi connectivity index (χ1n) is 6.88. The van der Waals surface area contributed by atoms with Crippen LogP contribution in [0.2, 0.25) is 0 Å². The SMILES string of the molecule is CC1CC(NC(c2ccc(F)cc2)C(C)(C)C)C1. The van der Waals surface area contributed by atoms with Gasteiger partial charge < -0.3 is 5.32 Å². The topological polar surface area (TPSA) is 12.0 Å². The number of benzene rings is 1. The average molecular weight is 249 g/mol. The van der Waals surface area contributed by atoms with Gasteiger partial charge in [0.1, 0.15) is 5.82 Å². The quantitative estimate of drug-likeness (QED) is 0.842. The molecule has 1 unspecified atom stereocenters. The molecule has 0 amide bonds. The zero-order valence-electron chi connectivity index (χ0n) is 11.8. The van der Waals surface area contributed by atoms with Gasteiger partial charge in [-0.25, -0.2) is 4.39 Å². The summed E-state index contributed by atoms with van der Waals surface area (Å²) in [6.45, 7) is 8.99. The zero-order valence-corrected chi connectivity index (χ0v) is 11.8. The van der Waals surface area contributed by atoms with Crippen molar-refractivity contribution in [2.75, 3.05) is 0 Å². The highest BCUT2D eigenvalue weighted by Crippen LogP contribution is 2.36. The second-order valence-corrected chi connectivity index (χ2v) is 6.79. The molecule has 0 aromatic heterocycles. The van der Waals surface area contributed by atoms with Gasteiger partial charge in [0.25, 0.3) is 0 Å². The lowest BCUT2D eigenvalue weighted by atomic mass is 9.77. The second-order valence-electron chi connectivity index (χ2n) is 6.79. The second kappa shape index (κ2) is 5.00. The van der Waals surface area contributed by atoms with E-state index in [-0.39, 0.29) is 17.3 Å². The van der Waals surface area contributed by atoms with Crippen LogP contribution in [0.5, 0.6) is 0 Å². The number of halogens is 1. The van der Waals surface area contributed by atoms with Crippen molar-refractivity contribution in [3.05, 3.63) is 35.6 Å². The largest absolute Gasteiger partial charge is 0.307 e. The summed E-state index contributed by atoms with van der Waals surface area (Å²) in [7, 11) is 0. The van der Waals surface area contributed by atoms with Crippen molar-refractivity contribution in [2.45, 2.75) is 52.6 Å². The van der Waals surface area contributed by atoms with Gasteiger partial charge in [0.15, 0.2) is 0 Å². The third-order valence-corrected chi connectivity index (χ3v) is 3.85. The van der Waals surface area contributed by atoms with Gasteiger partial charge in [-0.3, -0.25) is 0 Å². The average Bonchev–Trinajstić information content (AvgIpc) is 2.23. The Hall–Kier alpha value is -0.890. The summed E-state index contributed by atoms with van der Waals surface area (Å²) in [4.78, 5) is 0. The molecular weight excluding hydrogens is 225 g/mol. The van der Waals surface area contributed by atoms with E-state index in [1.807, 2.05) is 12.1 Å². The highest BCUT2D eigenvalue weighted by Gasteiger charge is 2.32. The molecule has 1 aromatic carbocycles. The lowest BCUT2D eigenvalue weighted by molar-refractivity contribution is 0.170. The van der Waals surface area contributed by atoms with Crippen molar-refractivity contribution in [2.24, 2.45) is 11.3 Å². The van der Waals surface area contributed by atoms with Gasteiger partial charge in [-0.05, 0) is 41.9 Å².